The molecule has 0 unspecified atom stereocenters. The number of nitrogens with zero attached hydrogens (tertiary/aromatic N) is 1. The Morgan fingerprint density at radius 1 is 1.45 bits per heavy atom. The lowest BCUT2D eigenvalue weighted by atomic mass is 10.00. The molecule has 0 spiro atoms. The predicted molar refractivity (Wildman–Crippen MR) is 77.0 cm³/mol. The fraction of sp³-hybridized carbons (Fsp3) is 0.200. The maximum Gasteiger partial charge on any atom is 0.342 e. The third-order valence-electron chi connectivity index (χ3n) is 2.84. The fourth-order valence-corrected chi connectivity index (χ4v) is 2.06. The van der Waals surface area contributed by atoms with Gasteiger partial charge in [-0.3, -0.25) is 4.98 Å². The molecule has 0 aliphatic rings. The molecule has 1 aromatic carbocycles. The van der Waals surface area contributed by atoms with Crippen molar-refractivity contribution in [3.05, 3.63) is 46.6 Å². The van der Waals surface area contributed by atoms with E-state index in [0.717, 1.165) is 0 Å². The highest BCUT2D eigenvalue weighted by atomic mass is 35.5. The zero-order valence-electron chi connectivity index (χ0n) is 11.2. The number of hydrogen-bond acceptors (Lipinski definition) is 4. The van der Waals surface area contributed by atoms with Gasteiger partial charge < -0.3 is 9.84 Å². The van der Waals surface area contributed by atoms with Gasteiger partial charge in [0.2, 0.25) is 0 Å². The first-order valence-electron chi connectivity index (χ1n) is 6.16. The van der Waals surface area contributed by atoms with Crippen molar-refractivity contribution in [1.82, 2.24) is 4.98 Å². The van der Waals surface area contributed by atoms with Gasteiger partial charge >= 0.3 is 5.97 Å². The molecule has 2 rings (SSSR count). The molecule has 1 heterocycles. The summed E-state index contributed by atoms with van der Waals surface area (Å²) < 4.78 is 4.98. The number of hydrogen-bond donors (Lipinski definition) is 1. The van der Waals surface area contributed by atoms with Crippen molar-refractivity contribution in [2.45, 2.75) is 13.8 Å². The van der Waals surface area contributed by atoms with E-state index in [9.17, 15) is 9.90 Å². The Labute approximate surface area is 122 Å². The van der Waals surface area contributed by atoms with Crippen molar-refractivity contribution in [3.63, 3.8) is 0 Å². The minimum Gasteiger partial charge on any atom is -0.505 e. The van der Waals surface area contributed by atoms with Gasteiger partial charge in [-0.15, -0.1) is 0 Å². The van der Waals surface area contributed by atoms with E-state index in [1.807, 2.05) is 0 Å². The zero-order valence-corrected chi connectivity index (χ0v) is 11.9. The molecular formula is C15H14ClNO3. The number of aryl methyl sites for hydroxylation is 1. The SMILES string of the molecule is CCOC(=O)c1c(-c2ccccn2)cc(C)c(Cl)c1O. The number of pyridine rings is 1. The summed E-state index contributed by atoms with van der Waals surface area (Å²) in [7, 11) is 0. The van der Waals surface area contributed by atoms with Crippen LogP contribution in [0.5, 0.6) is 5.75 Å². The molecule has 0 aliphatic heterocycles. The van der Waals surface area contributed by atoms with E-state index in [-0.39, 0.29) is 22.9 Å². The number of rotatable bonds is 3. The molecule has 0 bridgehead atoms. The summed E-state index contributed by atoms with van der Waals surface area (Å²) in [5, 5.41) is 10.3. The fourth-order valence-electron chi connectivity index (χ4n) is 1.91. The highest BCUT2D eigenvalue weighted by Gasteiger charge is 2.23. The van der Waals surface area contributed by atoms with Crippen molar-refractivity contribution >= 4 is 17.6 Å². The highest BCUT2D eigenvalue weighted by Crippen LogP contribution is 2.38. The van der Waals surface area contributed by atoms with Crippen molar-refractivity contribution in [2.24, 2.45) is 0 Å². The van der Waals surface area contributed by atoms with Crippen LogP contribution in [0.2, 0.25) is 5.02 Å². The number of phenols is 1. The van der Waals surface area contributed by atoms with Crippen LogP contribution in [0.4, 0.5) is 0 Å². The normalized spacial score (nSPS) is 10.3. The predicted octanol–water partition coefficient (Wildman–Crippen LogP) is 3.59. The number of benzene rings is 1. The molecule has 0 atom stereocenters. The molecule has 0 aliphatic carbocycles. The number of carbonyl (C=O) groups excluding carboxylic acids is 1. The first kappa shape index (κ1) is 14.3. The Morgan fingerprint density at radius 2 is 2.20 bits per heavy atom. The van der Waals surface area contributed by atoms with Gasteiger partial charge in [-0.1, -0.05) is 17.7 Å². The van der Waals surface area contributed by atoms with Crippen LogP contribution >= 0.6 is 11.6 Å². The van der Waals surface area contributed by atoms with Gasteiger partial charge in [-0.05, 0) is 37.6 Å². The Kier molecular flexibility index (Phi) is 4.25. The van der Waals surface area contributed by atoms with Crippen LogP contribution in [0.3, 0.4) is 0 Å². The highest BCUT2D eigenvalue weighted by molar-refractivity contribution is 6.33. The van der Waals surface area contributed by atoms with E-state index in [0.29, 0.717) is 16.8 Å². The van der Waals surface area contributed by atoms with Gasteiger partial charge in [0, 0.05) is 11.8 Å². The average Bonchev–Trinajstić information content (AvgIpc) is 2.45. The molecule has 0 fully saturated rings. The van der Waals surface area contributed by atoms with Crippen LogP contribution in [0.1, 0.15) is 22.8 Å². The third kappa shape index (κ3) is 2.60. The molecule has 4 nitrogen and oxygen atoms in total. The number of halogens is 1. The van der Waals surface area contributed by atoms with E-state index in [1.165, 1.54) is 0 Å². The molecule has 104 valence electrons. The van der Waals surface area contributed by atoms with Crippen LogP contribution in [0.25, 0.3) is 11.3 Å². The van der Waals surface area contributed by atoms with Gasteiger partial charge in [-0.25, -0.2) is 4.79 Å². The maximum absolute atomic E-state index is 12.1. The van der Waals surface area contributed by atoms with E-state index in [1.54, 1.807) is 44.3 Å². The largest absolute Gasteiger partial charge is 0.505 e. The van der Waals surface area contributed by atoms with Crippen molar-refractivity contribution < 1.29 is 14.6 Å². The van der Waals surface area contributed by atoms with Crippen LogP contribution in [-0.4, -0.2) is 22.7 Å². The van der Waals surface area contributed by atoms with Crippen molar-refractivity contribution in [3.8, 4) is 17.0 Å². The molecule has 5 heteroatoms. The number of ether oxygens (including phenoxy) is 1. The summed E-state index contributed by atoms with van der Waals surface area (Å²) in [5.41, 5.74) is 1.79. The molecule has 20 heavy (non-hydrogen) atoms. The van der Waals surface area contributed by atoms with Gasteiger partial charge in [0.15, 0.2) is 0 Å². The second-order valence-corrected chi connectivity index (χ2v) is 4.59. The van der Waals surface area contributed by atoms with E-state index >= 15 is 0 Å². The van der Waals surface area contributed by atoms with E-state index < -0.39 is 5.97 Å². The van der Waals surface area contributed by atoms with Gasteiger partial charge in [0.25, 0.3) is 0 Å². The molecule has 0 amide bonds. The molecule has 0 radical (unpaired) electrons. The van der Waals surface area contributed by atoms with Gasteiger partial charge in [-0.2, -0.15) is 0 Å². The lowest BCUT2D eigenvalue weighted by Gasteiger charge is -2.13. The topological polar surface area (TPSA) is 59.4 Å². The molecule has 0 saturated heterocycles. The van der Waals surface area contributed by atoms with Crippen LogP contribution < -0.4 is 0 Å². The Hall–Kier alpha value is -2.07. The molecule has 2 aromatic rings. The summed E-state index contributed by atoms with van der Waals surface area (Å²) in [6, 6.07) is 7.05. The monoisotopic (exact) mass is 291 g/mol. The molecular weight excluding hydrogens is 278 g/mol. The number of phenolic OH excluding ortho intramolecular Hbond substituents is 1. The van der Waals surface area contributed by atoms with Crippen LogP contribution in [-0.2, 0) is 4.74 Å². The second-order valence-electron chi connectivity index (χ2n) is 4.21. The van der Waals surface area contributed by atoms with Crippen LogP contribution in [0, 0.1) is 6.92 Å². The van der Waals surface area contributed by atoms with Crippen molar-refractivity contribution in [1.29, 1.82) is 0 Å². The third-order valence-corrected chi connectivity index (χ3v) is 3.32. The van der Waals surface area contributed by atoms with E-state index in [2.05, 4.69) is 4.98 Å². The van der Waals surface area contributed by atoms with Gasteiger partial charge in [0.05, 0.1) is 17.3 Å². The Morgan fingerprint density at radius 3 is 2.80 bits per heavy atom. The standard InChI is InChI=1S/C15H14ClNO3/c1-3-20-15(19)12-10(11-6-4-5-7-17-11)8-9(2)13(16)14(12)18/h4-8,18H,3H2,1-2H3. The summed E-state index contributed by atoms with van der Waals surface area (Å²) in [5.74, 6) is -0.890. The summed E-state index contributed by atoms with van der Waals surface area (Å²) >= 11 is 6.01. The maximum atomic E-state index is 12.1. The van der Waals surface area contributed by atoms with Crippen molar-refractivity contribution in [2.75, 3.05) is 6.61 Å². The summed E-state index contributed by atoms with van der Waals surface area (Å²) in [6.07, 6.45) is 1.62. The minimum absolute atomic E-state index is 0.0427. The number of aromatic hydroxyl groups is 1. The Bertz CT molecular complexity index is 641. The molecule has 0 saturated carbocycles. The van der Waals surface area contributed by atoms with Crippen LogP contribution in [0.15, 0.2) is 30.5 Å². The zero-order chi connectivity index (χ0) is 14.7. The number of carbonyl (C=O) groups is 1. The molecule has 1 aromatic heterocycles. The first-order chi connectivity index (χ1) is 9.56. The minimum atomic E-state index is -0.618. The lowest BCUT2D eigenvalue weighted by Crippen LogP contribution is -2.08. The first-order valence-corrected chi connectivity index (χ1v) is 6.54. The smallest absolute Gasteiger partial charge is 0.342 e. The number of esters is 1. The summed E-state index contributed by atoms with van der Waals surface area (Å²) in [6.45, 7) is 3.67. The van der Waals surface area contributed by atoms with Gasteiger partial charge in [0.1, 0.15) is 11.3 Å². The summed E-state index contributed by atoms with van der Waals surface area (Å²) in [4.78, 5) is 16.3. The lowest BCUT2D eigenvalue weighted by molar-refractivity contribution is 0.0524. The second kappa shape index (κ2) is 5.92. The Balaban J connectivity index is 2.69. The van der Waals surface area contributed by atoms with E-state index in [4.69, 9.17) is 16.3 Å². The average molecular weight is 292 g/mol. The quantitative estimate of drug-likeness (QED) is 0.878. The molecule has 1 N–H and O–H groups in total. The number of aromatic nitrogens is 1.